The van der Waals surface area contributed by atoms with Crippen molar-refractivity contribution in [1.82, 2.24) is 14.3 Å². The van der Waals surface area contributed by atoms with Crippen molar-refractivity contribution in [2.45, 2.75) is 19.9 Å². The maximum Gasteiger partial charge on any atom is 0.219 e. The van der Waals surface area contributed by atoms with E-state index in [0.29, 0.717) is 18.1 Å². The van der Waals surface area contributed by atoms with Crippen LogP contribution in [0.4, 0.5) is 0 Å². The van der Waals surface area contributed by atoms with Crippen LogP contribution in [0.15, 0.2) is 58.7 Å². The molecule has 0 fully saturated rings. The molecule has 0 aliphatic rings. The summed E-state index contributed by atoms with van der Waals surface area (Å²) in [5.74, 6) is 0.818. The van der Waals surface area contributed by atoms with Crippen molar-refractivity contribution in [3.05, 3.63) is 70.7 Å². The van der Waals surface area contributed by atoms with Gasteiger partial charge in [-0.1, -0.05) is 23.7 Å². The van der Waals surface area contributed by atoms with Gasteiger partial charge in [-0.25, -0.2) is 4.98 Å². The summed E-state index contributed by atoms with van der Waals surface area (Å²) in [6.07, 6.45) is 4.41. The van der Waals surface area contributed by atoms with E-state index in [2.05, 4.69) is 9.78 Å². The number of benzene rings is 1. The molecule has 0 spiro atoms. The van der Waals surface area contributed by atoms with Gasteiger partial charge in [-0.2, -0.15) is 0 Å². The van der Waals surface area contributed by atoms with Gasteiger partial charge in [-0.05, 0) is 24.3 Å². The number of imidazole rings is 1. The number of carbonyl (C=O) groups excluding carboxylic acids is 1. The van der Waals surface area contributed by atoms with E-state index >= 15 is 0 Å². The van der Waals surface area contributed by atoms with Gasteiger partial charge in [0.05, 0.1) is 18.5 Å². The average molecular weight is 400 g/mol. The number of halogens is 1. The topological polar surface area (TPSA) is 50.8 Å². The van der Waals surface area contributed by atoms with Crippen LogP contribution in [-0.4, -0.2) is 26.7 Å². The third kappa shape index (κ3) is 3.91. The Hall–Kier alpha value is -2.57. The fourth-order valence-electron chi connectivity index (χ4n) is 2.96. The second-order valence-electron chi connectivity index (χ2n) is 6.28. The van der Waals surface area contributed by atoms with E-state index in [1.165, 1.54) is 0 Å². The number of nitrogens with zero attached hydrogens (tertiary/aromatic N) is 3. The molecule has 1 amide bonds. The van der Waals surface area contributed by atoms with Crippen LogP contribution in [0.1, 0.15) is 18.4 Å². The summed E-state index contributed by atoms with van der Waals surface area (Å²) in [6.45, 7) is 2.69. The number of aromatic nitrogens is 2. The summed E-state index contributed by atoms with van der Waals surface area (Å²) < 4.78 is 7.46. The number of hydrogen-bond donors (Lipinski definition) is 0. The molecule has 0 bridgehead atoms. The SMILES string of the molecule is CC(=O)N(CCc1csc2nc(-c3ccc(Cl)cc3)cn12)Cc1ccco1. The van der Waals surface area contributed by atoms with Crippen molar-refractivity contribution >= 4 is 33.8 Å². The van der Waals surface area contributed by atoms with Crippen molar-refractivity contribution in [1.29, 1.82) is 0 Å². The number of rotatable bonds is 6. The molecule has 4 aromatic rings. The molecule has 1 aromatic carbocycles. The Morgan fingerprint density at radius 3 is 2.81 bits per heavy atom. The maximum atomic E-state index is 12.0. The number of amides is 1. The molecule has 0 atom stereocenters. The largest absolute Gasteiger partial charge is 0.467 e. The summed E-state index contributed by atoms with van der Waals surface area (Å²) in [6, 6.07) is 11.4. The second kappa shape index (κ2) is 7.58. The zero-order valence-electron chi connectivity index (χ0n) is 14.8. The van der Waals surface area contributed by atoms with Crippen LogP contribution in [0.25, 0.3) is 16.2 Å². The van der Waals surface area contributed by atoms with Gasteiger partial charge in [-0.15, -0.1) is 11.3 Å². The summed E-state index contributed by atoms with van der Waals surface area (Å²) in [4.78, 5) is 19.4. The van der Waals surface area contributed by atoms with Gasteiger partial charge in [-0.3, -0.25) is 9.20 Å². The highest BCUT2D eigenvalue weighted by atomic mass is 35.5. The Morgan fingerprint density at radius 1 is 1.30 bits per heavy atom. The smallest absolute Gasteiger partial charge is 0.219 e. The number of hydrogen-bond acceptors (Lipinski definition) is 4. The first-order valence-electron chi connectivity index (χ1n) is 8.59. The first-order valence-corrected chi connectivity index (χ1v) is 9.85. The molecule has 0 saturated heterocycles. The molecule has 3 heterocycles. The maximum absolute atomic E-state index is 12.0. The van der Waals surface area contributed by atoms with Crippen LogP contribution < -0.4 is 0 Å². The van der Waals surface area contributed by atoms with E-state index in [1.807, 2.05) is 42.6 Å². The molecule has 0 aliphatic carbocycles. The summed E-state index contributed by atoms with van der Waals surface area (Å²) in [5, 5.41) is 2.81. The van der Waals surface area contributed by atoms with Crippen molar-refractivity contribution in [2.24, 2.45) is 0 Å². The van der Waals surface area contributed by atoms with Crippen molar-refractivity contribution < 1.29 is 9.21 Å². The first kappa shape index (κ1) is 17.8. The minimum Gasteiger partial charge on any atom is -0.467 e. The van der Waals surface area contributed by atoms with Crippen molar-refractivity contribution in [2.75, 3.05) is 6.54 Å². The normalized spacial score (nSPS) is 11.2. The summed E-state index contributed by atoms with van der Waals surface area (Å²) >= 11 is 7.57. The van der Waals surface area contributed by atoms with Gasteiger partial charge in [0.1, 0.15) is 5.76 Å². The molecule has 0 aliphatic heterocycles. The fraction of sp³-hybridized carbons (Fsp3) is 0.200. The van der Waals surface area contributed by atoms with E-state index in [1.54, 1.807) is 29.4 Å². The van der Waals surface area contributed by atoms with Crippen LogP contribution in [-0.2, 0) is 17.8 Å². The third-order valence-electron chi connectivity index (χ3n) is 4.43. The summed E-state index contributed by atoms with van der Waals surface area (Å²) in [5.41, 5.74) is 3.08. The van der Waals surface area contributed by atoms with Crippen LogP contribution in [0.3, 0.4) is 0 Å². The van der Waals surface area contributed by atoms with Crippen LogP contribution in [0.2, 0.25) is 5.02 Å². The van der Waals surface area contributed by atoms with Gasteiger partial charge in [0, 0.05) is 47.7 Å². The lowest BCUT2D eigenvalue weighted by molar-refractivity contribution is -0.129. The number of carbonyl (C=O) groups is 1. The number of thiazole rings is 1. The molecule has 0 unspecified atom stereocenters. The van der Waals surface area contributed by atoms with Crippen molar-refractivity contribution in [3.63, 3.8) is 0 Å². The molecule has 4 rings (SSSR count). The molecule has 27 heavy (non-hydrogen) atoms. The van der Waals surface area contributed by atoms with Crippen molar-refractivity contribution in [3.8, 4) is 11.3 Å². The lowest BCUT2D eigenvalue weighted by atomic mass is 10.2. The minimum atomic E-state index is 0.0327. The fourth-order valence-corrected chi connectivity index (χ4v) is 3.99. The van der Waals surface area contributed by atoms with Gasteiger partial charge in [0.25, 0.3) is 0 Å². The van der Waals surface area contributed by atoms with E-state index in [9.17, 15) is 4.79 Å². The molecule has 7 heteroatoms. The molecular formula is C20H18ClN3O2S. The van der Waals surface area contributed by atoms with Crippen LogP contribution >= 0.6 is 22.9 Å². The Morgan fingerprint density at radius 2 is 2.11 bits per heavy atom. The van der Waals surface area contributed by atoms with Gasteiger partial charge >= 0.3 is 0 Å². The predicted octanol–water partition coefficient (Wildman–Crippen LogP) is 4.90. The highest BCUT2D eigenvalue weighted by molar-refractivity contribution is 7.15. The zero-order chi connectivity index (χ0) is 18.8. The Kier molecular flexibility index (Phi) is 5.01. The molecule has 5 nitrogen and oxygen atoms in total. The molecule has 3 aromatic heterocycles. The van der Waals surface area contributed by atoms with Gasteiger partial charge < -0.3 is 9.32 Å². The third-order valence-corrected chi connectivity index (χ3v) is 5.57. The molecular weight excluding hydrogens is 382 g/mol. The van der Waals surface area contributed by atoms with Crippen LogP contribution in [0, 0.1) is 0 Å². The monoisotopic (exact) mass is 399 g/mol. The highest BCUT2D eigenvalue weighted by Crippen LogP contribution is 2.25. The quantitative estimate of drug-likeness (QED) is 0.463. The molecule has 0 N–H and O–H groups in total. The average Bonchev–Trinajstić information content (AvgIpc) is 3.37. The standard InChI is InChI=1S/C20H18ClN3O2S/c1-14(25)23(11-18-3-2-10-26-18)9-8-17-13-27-20-22-19(12-24(17)20)15-4-6-16(21)7-5-15/h2-7,10,12-13H,8-9,11H2,1H3. The Labute approximate surface area is 165 Å². The second-order valence-corrected chi connectivity index (χ2v) is 7.56. The zero-order valence-corrected chi connectivity index (χ0v) is 16.3. The predicted molar refractivity (Wildman–Crippen MR) is 107 cm³/mol. The minimum absolute atomic E-state index is 0.0327. The Balaban J connectivity index is 1.51. The lowest BCUT2D eigenvalue weighted by Crippen LogP contribution is -2.30. The molecule has 0 saturated carbocycles. The van der Waals surface area contributed by atoms with E-state index in [4.69, 9.17) is 21.0 Å². The molecule has 0 radical (unpaired) electrons. The van der Waals surface area contributed by atoms with Crippen LogP contribution in [0.5, 0.6) is 0 Å². The van der Waals surface area contributed by atoms with Gasteiger partial charge in [0.15, 0.2) is 4.96 Å². The van der Waals surface area contributed by atoms with Gasteiger partial charge in [0.2, 0.25) is 5.91 Å². The van der Waals surface area contributed by atoms with E-state index in [0.717, 1.165) is 34.1 Å². The first-order chi connectivity index (χ1) is 13.1. The number of furan rings is 1. The number of fused-ring (bicyclic) bond motifs is 1. The Bertz CT molecular complexity index is 1050. The van der Waals surface area contributed by atoms with E-state index < -0.39 is 0 Å². The molecule has 138 valence electrons. The summed E-state index contributed by atoms with van der Waals surface area (Å²) in [7, 11) is 0. The highest BCUT2D eigenvalue weighted by Gasteiger charge is 2.14. The van der Waals surface area contributed by atoms with E-state index in [-0.39, 0.29) is 5.91 Å². The lowest BCUT2D eigenvalue weighted by Gasteiger charge is -2.19.